The summed E-state index contributed by atoms with van der Waals surface area (Å²) in [5.41, 5.74) is 2.92. The summed E-state index contributed by atoms with van der Waals surface area (Å²) in [6, 6.07) is 7.07. The maximum Gasteiger partial charge on any atom is 0.416 e. The first-order valence-electron chi connectivity index (χ1n) is 10.7. The van der Waals surface area contributed by atoms with E-state index in [1.165, 1.54) is 45.6 Å². The highest BCUT2D eigenvalue weighted by atomic mass is 19.4. The van der Waals surface area contributed by atoms with Crippen LogP contribution in [0.5, 0.6) is 17.2 Å². The Balaban J connectivity index is 1.95. The molecule has 0 aromatic heterocycles. The van der Waals surface area contributed by atoms with E-state index >= 15 is 0 Å². The van der Waals surface area contributed by atoms with E-state index in [0.717, 1.165) is 12.1 Å². The van der Waals surface area contributed by atoms with Gasteiger partial charge in [0.1, 0.15) is 0 Å². The van der Waals surface area contributed by atoms with Crippen LogP contribution in [0.1, 0.15) is 42.6 Å². The molecule has 2 rings (SSSR count). The minimum atomic E-state index is -4.54. The third-order valence-corrected chi connectivity index (χ3v) is 4.99. The van der Waals surface area contributed by atoms with E-state index in [0.29, 0.717) is 5.75 Å². The molecule has 0 aliphatic rings. The molecule has 0 bridgehead atoms. The Bertz CT molecular complexity index is 1090. The number of amides is 3. The van der Waals surface area contributed by atoms with Crippen LogP contribution in [0.3, 0.4) is 0 Å². The minimum absolute atomic E-state index is 0.00677. The van der Waals surface area contributed by atoms with E-state index in [1.54, 1.807) is 13.8 Å². The number of alkyl halides is 3. The first-order valence-corrected chi connectivity index (χ1v) is 10.7. The lowest BCUT2D eigenvalue weighted by atomic mass is 9.85. The molecule has 0 fully saturated rings. The zero-order chi connectivity index (χ0) is 27.1. The second-order valence-electron chi connectivity index (χ2n) is 8.56. The Kier molecular flexibility index (Phi) is 9.15. The quantitative estimate of drug-likeness (QED) is 0.440. The lowest BCUT2D eigenvalue weighted by Gasteiger charge is -2.23. The van der Waals surface area contributed by atoms with Crippen molar-refractivity contribution in [2.24, 2.45) is 5.41 Å². The number of hydrogen-bond donors (Lipinski definition) is 3. The van der Waals surface area contributed by atoms with E-state index in [4.69, 9.17) is 14.2 Å². The van der Waals surface area contributed by atoms with E-state index in [9.17, 15) is 27.6 Å². The molecule has 0 aliphatic carbocycles. The molecule has 9 nitrogen and oxygen atoms in total. The van der Waals surface area contributed by atoms with Crippen LogP contribution in [0, 0.1) is 5.41 Å². The van der Waals surface area contributed by atoms with Crippen LogP contribution in [-0.2, 0) is 15.8 Å². The number of anilines is 1. The van der Waals surface area contributed by atoms with Gasteiger partial charge in [-0.05, 0) is 35.7 Å². The summed E-state index contributed by atoms with van der Waals surface area (Å²) in [6.45, 7) is 3.28. The molecule has 0 saturated carbocycles. The summed E-state index contributed by atoms with van der Waals surface area (Å²) in [5, 5.41) is 2.41. The van der Waals surface area contributed by atoms with E-state index < -0.39 is 34.9 Å². The minimum Gasteiger partial charge on any atom is -0.493 e. The highest BCUT2D eigenvalue weighted by Gasteiger charge is 2.31. The van der Waals surface area contributed by atoms with Crippen LogP contribution in [0.4, 0.5) is 18.9 Å². The topological polar surface area (TPSA) is 115 Å². The fourth-order valence-corrected chi connectivity index (χ4v) is 3.37. The third-order valence-electron chi connectivity index (χ3n) is 4.99. The average Bonchev–Trinajstić information content (AvgIpc) is 2.80. The summed E-state index contributed by atoms with van der Waals surface area (Å²) in [7, 11) is 4.21. The van der Waals surface area contributed by atoms with Crippen molar-refractivity contribution in [3.63, 3.8) is 0 Å². The highest BCUT2D eigenvalue weighted by molar-refractivity contribution is 5.97. The lowest BCUT2D eigenvalue weighted by Crippen LogP contribution is -2.43. The molecule has 0 saturated heterocycles. The number of rotatable bonds is 9. The monoisotopic (exact) mass is 511 g/mol. The molecule has 0 aliphatic heterocycles. The number of hydrazine groups is 1. The first-order chi connectivity index (χ1) is 16.8. The molecular formula is C24H28F3N3O6. The van der Waals surface area contributed by atoms with Crippen molar-refractivity contribution in [3.05, 3.63) is 47.5 Å². The third kappa shape index (κ3) is 7.79. The number of nitrogens with one attached hydrogen (secondary N) is 3. The van der Waals surface area contributed by atoms with Crippen LogP contribution in [-0.4, -0.2) is 39.1 Å². The molecule has 2 aromatic carbocycles. The lowest BCUT2D eigenvalue weighted by molar-refractivity contribution is -0.137. The second-order valence-corrected chi connectivity index (χ2v) is 8.56. The SMILES string of the molecule is COc1cc(C(=O)NNC(=O)CC(C)(C)CC(=O)Nc2cccc(C(F)(F)F)c2)cc(OC)c1OC. The molecule has 0 heterocycles. The standard InChI is InChI=1S/C24H28F3N3O6/c1-23(2,12-19(31)28-16-8-6-7-15(11-16)24(25,26)27)13-20(32)29-30-22(33)14-9-17(34-3)21(36-5)18(10-14)35-4/h6-11H,12-13H2,1-5H3,(H,28,31)(H,29,32)(H,30,33). The van der Waals surface area contributed by atoms with E-state index in [-0.39, 0.29) is 35.6 Å². The summed E-state index contributed by atoms with van der Waals surface area (Å²) < 4.78 is 54.2. The Morgan fingerprint density at radius 1 is 0.833 bits per heavy atom. The van der Waals surface area contributed by atoms with Gasteiger partial charge in [-0.2, -0.15) is 13.2 Å². The summed E-state index contributed by atoms with van der Waals surface area (Å²) in [6.07, 6.45) is -4.85. The van der Waals surface area contributed by atoms with Crippen LogP contribution in [0.15, 0.2) is 36.4 Å². The van der Waals surface area contributed by atoms with Gasteiger partial charge < -0.3 is 19.5 Å². The van der Waals surface area contributed by atoms with Gasteiger partial charge in [0, 0.05) is 24.1 Å². The van der Waals surface area contributed by atoms with Gasteiger partial charge in [-0.3, -0.25) is 25.2 Å². The van der Waals surface area contributed by atoms with Crippen molar-refractivity contribution in [2.45, 2.75) is 32.9 Å². The number of benzene rings is 2. The van der Waals surface area contributed by atoms with Crippen molar-refractivity contribution in [1.29, 1.82) is 0 Å². The zero-order valence-corrected chi connectivity index (χ0v) is 20.5. The predicted molar refractivity (Wildman–Crippen MR) is 125 cm³/mol. The summed E-state index contributed by atoms with van der Waals surface area (Å²) >= 11 is 0. The van der Waals surface area contributed by atoms with Crippen molar-refractivity contribution in [3.8, 4) is 17.2 Å². The number of halogens is 3. The molecule has 3 N–H and O–H groups in total. The fraction of sp³-hybridized carbons (Fsp3) is 0.375. The maximum atomic E-state index is 12.9. The van der Waals surface area contributed by atoms with Crippen molar-refractivity contribution >= 4 is 23.4 Å². The largest absolute Gasteiger partial charge is 0.493 e. The number of carbonyl (C=O) groups is 3. The molecule has 0 atom stereocenters. The Labute approximate surface area is 206 Å². The molecule has 0 spiro atoms. The number of carbonyl (C=O) groups excluding carboxylic acids is 3. The van der Waals surface area contributed by atoms with Crippen LogP contribution < -0.4 is 30.4 Å². The molecule has 2 aromatic rings. The van der Waals surface area contributed by atoms with Gasteiger partial charge in [0.15, 0.2) is 11.5 Å². The first kappa shape index (κ1) is 28.3. The number of hydrogen-bond acceptors (Lipinski definition) is 6. The van der Waals surface area contributed by atoms with Crippen LogP contribution in [0.2, 0.25) is 0 Å². The Morgan fingerprint density at radius 3 is 1.94 bits per heavy atom. The van der Waals surface area contributed by atoms with Gasteiger partial charge in [-0.15, -0.1) is 0 Å². The average molecular weight is 511 g/mol. The zero-order valence-electron chi connectivity index (χ0n) is 20.5. The molecule has 196 valence electrons. The predicted octanol–water partition coefficient (Wildman–Crippen LogP) is 3.94. The van der Waals surface area contributed by atoms with Crippen LogP contribution in [0.25, 0.3) is 0 Å². The molecule has 36 heavy (non-hydrogen) atoms. The smallest absolute Gasteiger partial charge is 0.416 e. The molecule has 0 unspecified atom stereocenters. The Morgan fingerprint density at radius 2 is 1.42 bits per heavy atom. The molecular weight excluding hydrogens is 483 g/mol. The van der Waals surface area contributed by atoms with Crippen molar-refractivity contribution in [1.82, 2.24) is 10.9 Å². The van der Waals surface area contributed by atoms with Crippen molar-refractivity contribution in [2.75, 3.05) is 26.6 Å². The van der Waals surface area contributed by atoms with Gasteiger partial charge in [-0.1, -0.05) is 19.9 Å². The number of methoxy groups -OCH3 is 3. The molecule has 12 heteroatoms. The Hall–Kier alpha value is -3.96. The second kappa shape index (κ2) is 11.6. The highest BCUT2D eigenvalue weighted by Crippen LogP contribution is 2.38. The van der Waals surface area contributed by atoms with Crippen molar-refractivity contribution < 1.29 is 41.8 Å². The molecule has 3 amide bonds. The van der Waals surface area contributed by atoms with Crippen LogP contribution >= 0.6 is 0 Å². The molecule has 0 radical (unpaired) electrons. The number of ether oxygens (including phenoxy) is 3. The fourth-order valence-electron chi connectivity index (χ4n) is 3.37. The summed E-state index contributed by atoms with van der Waals surface area (Å²) in [4.78, 5) is 37.3. The van der Waals surface area contributed by atoms with Gasteiger partial charge in [0.25, 0.3) is 5.91 Å². The van der Waals surface area contributed by atoms with E-state index in [2.05, 4.69) is 16.2 Å². The van der Waals surface area contributed by atoms with Gasteiger partial charge >= 0.3 is 6.18 Å². The normalized spacial score (nSPS) is 11.3. The van der Waals surface area contributed by atoms with Gasteiger partial charge in [0.2, 0.25) is 17.6 Å². The van der Waals surface area contributed by atoms with Gasteiger partial charge in [0.05, 0.1) is 26.9 Å². The van der Waals surface area contributed by atoms with E-state index in [1.807, 2.05) is 0 Å². The maximum absolute atomic E-state index is 12.9. The van der Waals surface area contributed by atoms with Gasteiger partial charge in [-0.25, -0.2) is 0 Å². The summed E-state index contributed by atoms with van der Waals surface area (Å²) in [5.74, 6) is -0.989.